The smallest absolute Gasteiger partial charge is 0.243 e. The predicted molar refractivity (Wildman–Crippen MR) is 189 cm³/mol. The zero-order valence-electron chi connectivity index (χ0n) is 29.4. The third kappa shape index (κ3) is 9.63. The van der Waals surface area contributed by atoms with Gasteiger partial charge in [0.25, 0.3) is 0 Å². The number of amides is 4. The van der Waals surface area contributed by atoms with Crippen molar-refractivity contribution in [1.82, 2.24) is 25.8 Å². The first-order valence-corrected chi connectivity index (χ1v) is 18.5. The van der Waals surface area contributed by atoms with E-state index in [2.05, 4.69) is 20.9 Å². The molecule has 4 bridgehead atoms. The minimum atomic E-state index is -1.10. The highest BCUT2D eigenvalue weighted by atomic mass is 16.5. The molecule has 4 aliphatic heterocycles. The summed E-state index contributed by atoms with van der Waals surface area (Å²) in [5.41, 5.74) is 3.32. The van der Waals surface area contributed by atoms with Gasteiger partial charge < -0.3 is 35.2 Å². The van der Waals surface area contributed by atoms with Crippen LogP contribution in [0.5, 0.6) is 5.75 Å². The lowest BCUT2D eigenvalue weighted by Crippen LogP contribution is -2.59. The van der Waals surface area contributed by atoms with Gasteiger partial charge in [-0.15, -0.1) is 0 Å². The number of hydrogen-bond donors (Lipinski definition) is 3. The molecular formula is C39H53N5O6. The van der Waals surface area contributed by atoms with Crippen LogP contribution in [0.15, 0.2) is 48.5 Å². The number of aryl methyl sites for hydroxylation is 2. The van der Waals surface area contributed by atoms with E-state index >= 15 is 0 Å². The molecule has 11 nitrogen and oxygen atoms in total. The third-order valence-electron chi connectivity index (χ3n) is 11.0. The van der Waals surface area contributed by atoms with E-state index in [1.54, 1.807) is 0 Å². The lowest BCUT2D eigenvalue weighted by atomic mass is 9.73. The largest absolute Gasteiger partial charge is 0.494 e. The van der Waals surface area contributed by atoms with Crippen molar-refractivity contribution in [2.45, 2.75) is 83.3 Å². The number of nitrogens with one attached hydrogen (secondary N) is 3. The van der Waals surface area contributed by atoms with E-state index in [0.29, 0.717) is 44.5 Å². The quantitative estimate of drug-likeness (QED) is 0.408. The van der Waals surface area contributed by atoms with Crippen LogP contribution in [-0.2, 0) is 36.9 Å². The first-order chi connectivity index (χ1) is 24.2. The molecule has 2 aromatic rings. The summed E-state index contributed by atoms with van der Waals surface area (Å²) in [6.07, 6.45) is 5.77. The Kier molecular flexibility index (Phi) is 12.1. The average Bonchev–Trinajstić information content (AvgIpc) is 3.11. The van der Waals surface area contributed by atoms with Crippen LogP contribution in [0.25, 0.3) is 0 Å². The Bertz CT molecular complexity index is 1490. The standard InChI is InChI=1S/C39H53N5O6/c1-28-9-11-32-22-31(28)24-40-37(47)33(12-10-29-6-3-2-4-7-29)42-38(48)34(23-36(46)44-17-5-8-30(25-44)14-19-50-32)41-35(45)13-18-43-26-39(27-43)15-20-49-21-16-39/h2-4,6-7,9,11,22,30,33-34H,5,8,10,12-21,23-27H2,1H3,(H,40,47)(H,41,45)(H,42,48)/t30?,33-,34-/m0/s1. The maximum atomic E-state index is 14.0. The molecule has 4 aliphatic rings. The van der Waals surface area contributed by atoms with E-state index in [9.17, 15) is 19.2 Å². The van der Waals surface area contributed by atoms with Crippen molar-refractivity contribution in [3.8, 4) is 5.75 Å². The highest BCUT2D eigenvalue weighted by molar-refractivity contribution is 5.95. The van der Waals surface area contributed by atoms with E-state index in [4.69, 9.17) is 9.47 Å². The number of piperidine rings is 1. The van der Waals surface area contributed by atoms with Gasteiger partial charge in [-0.1, -0.05) is 36.4 Å². The molecule has 6 rings (SSSR count). The van der Waals surface area contributed by atoms with Gasteiger partial charge in [0.15, 0.2) is 0 Å². The Morgan fingerprint density at radius 2 is 1.80 bits per heavy atom. The maximum absolute atomic E-state index is 14.0. The van der Waals surface area contributed by atoms with E-state index in [1.165, 1.54) is 0 Å². The molecule has 0 aromatic heterocycles. The van der Waals surface area contributed by atoms with Crippen molar-refractivity contribution in [3.05, 3.63) is 65.2 Å². The molecule has 0 radical (unpaired) electrons. The zero-order chi connectivity index (χ0) is 34.9. The minimum absolute atomic E-state index is 0.162. The highest BCUT2D eigenvalue weighted by Gasteiger charge is 2.43. The predicted octanol–water partition coefficient (Wildman–Crippen LogP) is 3.13. The number of likely N-dealkylation sites (tertiary alicyclic amines) is 1. The Morgan fingerprint density at radius 1 is 1.00 bits per heavy atom. The lowest BCUT2D eigenvalue weighted by molar-refractivity contribution is -0.138. The summed E-state index contributed by atoms with van der Waals surface area (Å²) in [4.78, 5) is 58.9. The number of carbonyl (C=O) groups excluding carboxylic acids is 4. The van der Waals surface area contributed by atoms with Crippen molar-refractivity contribution in [1.29, 1.82) is 0 Å². The Balaban J connectivity index is 1.17. The van der Waals surface area contributed by atoms with E-state index < -0.39 is 18.0 Å². The van der Waals surface area contributed by atoms with Crippen molar-refractivity contribution in [3.63, 3.8) is 0 Å². The van der Waals surface area contributed by atoms with Crippen molar-refractivity contribution >= 4 is 23.6 Å². The van der Waals surface area contributed by atoms with Gasteiger partial charge in [-0.2, -0.15) is 0 Å². The highest BCUT2D eigenvalue weighted by Crippen LogP contribution is 2.39. The van der Waals surface area contributed by atoms with Gasteiger partial charge in [0, 0.05) is 64.3 Å². The average molecular weight is 688 g/mol. The summed E-state index contributed by atoms with van der Waals surface area (Å²) in [6, 6.07) is 13.7. The number of hydrogen-bond acceptors (Lipinski definition) is 7. The third-order valence-corrected chi connectivity index (χ3v) is 11.0. The van der Waals surface area contributed by atoms with Crippen LogP contribution in [0.2, 0.25) is 0 Å². The maximum Gasteiger partial charge on any atom is 0.243 e. The molecule has 4 amide bonds. The second-order valence-corrected chi connectivity index (χ2v) is 14.8. The van der Waals surface area contributed by atoms with Gasteiger partial charge in [0.2, 0.25) is 23.6 Å². The molecule has 3 saturated heterocycles. The molecule has 4 heterocycles. The number of rotatable bonds is 7. The van der Waals surface area contributed by atoms with Gasteiger partial charge in [-0.3, -0.25) is 19.2 Å². The van der Waals surface area contributed by atoms with Gasteiger partial charge >= 0.3 is 0 Å². The minimum Gasteiger partial charge on any atom is -0.494 e. The SMILES string of the molecule is Cc1ccc2cc1CNC(=O)[C@H](CCc1ccccc1)NC(=O)[C@@H](NC(=O)CCN1CC3(CCOCC3)C1)CC(=O)N1CCCC(CCO2)C1. The number of fused-ring (bicyclic) bond motifs is 4. The summed E-state index contributed by atoms with van der Waals surface area (Å²) >= 11 is 0. The molecule has 3 fully saturated rings. The fraction of sp³-hybridized carbons (Fsp3) is 0.590. The Labute approximate surface area is 295 Å². The second kappa shape index (κ2) is 16.8. The summed E-state index contributed by atoms with van der Waals surface area (Å²) < 4.78 is 11.7. The van der Waals surface area contributed by atoms with Crippen LogP contribution in [0.4, 0.5) is 0 Å². The molecule has 0 saturated carbocycles. The summed E-state index contributed by atoms with van der Waals surface area (Å²) in [5, 5.41) is 8.85. The molecule has 11 heteroatoms. The first kappa shape index (κ1) is 35.9. The molecular weight excluding hydrogens is 634 g/mol. The lowest BCUT2D eigenvalue weighted by Gasteiger charge is -2.52. The molecule has 2 aromatic carbocycles. The fourth-order valence-corrected chi connectivity index (χ4v) is 7.82. The van der Waals surface area contributed by atoms with Crippen LogP contribution < -0.4 is 20.7 Å². The van der Waals surface area contributed by atoms with Crippen molar-refractivity contribution in [2.75, 3.05) is 52.5 Å². The number of benzene rings is 2. The summed E-state index contributed by atoms with van der Waals surface area (Å²) in [6.45, 7) is 8.09. The van der Waals surface area contributed by atoms with Gasteiger partial charge in [-0.25, -0.2) is 0 Å². The van der Waals surface area contributed by atoms with E-state index in [1.807, 2.05) is 60.4 Å². The van der Waals surface area contributed by atoms with Crippen molar-refractivity contribution < 1.29 is 28.7 Å². The Hall–Kier alpha value is -3.96. The monoisotopic (exact) mass is 687 g/mol. The van der Waals surface area contributed by atoms with E-state index in [-0.39, 0.29) is 43.0 Å². The van der Waals surface area contributed by atoms with Gasteiger partial charge in [-0.05, 0) is 86.6 Å². The first-order valence-electron chi connectivity index (χ1n) is 18.5. The van der Waals surface area contributed by atoms with Crippen LogP contribution in [0, 0.1) is 18.3 Å². The molecule has 270 valence electrons. The van der Waals surface area contributed by atoms with Gasteiger partial charge in [0.05, 0.1) is 13.0 Å². The number of nitrogens with zero attached hydrogens (tertiary/aromatic N) is 2. The molecule has 1 spiro atoms. The van der Waals surface area contributed by atoms with Crippen LogP contribution in [-0.4, -0.2) is 98.1 Å². The van der Waals surface area contributed by atoms with Crippen molar-refractivity contribution in [2.24, 2.45) is 11.3 Å². The molecule has 3 atom stereocenters. The Morgan fingerprint density at radius 3 is 2.60 bits per heavy atom. The normalized spacial score (nSPS) is 24.9. The van der Waals surface area contributed by atoms with Crippen LogP contribution in [0.3, 0.4) is 0 Å². The van der Waals surface area contributed by atoms with Gasteiger partial charge in [0.1, 0.15) is 17.8 Å². The molecule has 1 unspecified atom stereocenters. The molecule has 0 aliphatic carbocycles. The molecule has 50 heavy (non-hydrogen) atoms. The second-order valence-electron chi connectivity index (χ2n) is 14.8. The van der Waals surface area contributed by atoms with Crippen LogP contribution in [0.1, 0.15) is 68.1 Å². The zero-order valence-corrected chi connectivity index (χ0v) is 29.4. The topological polar surface area (TPSA) is 129 Å². The number of ether oxygens (including phenoxy) is 2. The molecule has 3 N–H and O–H groups in total. The van der Waals surface area contributed by atoms with Crippen LogP contribution >= 0.6 is 0 Å². The fourth-order valence-electron chi connectivity index (χ4n) is 7.82. The summed E-state index contributed by atoms with van der Waals surface area (Å²) in [7, 11) is 0. The van der Waals surface area contributed by atoms with E-state index in [0.717, 1.165) is 80.8 Å². The number of carbonyl (C=O) groups is 4. The summed E-state index contributed by atoms with van der Waals surface area (Å²) in [5.74, 6) is -0.260.